The molecule has 1 saturated heterocycles. The number of methoxy groups -OCH3 is 2. The Labute approximate surface area is 249 Å². The maximum Gasteiger partial charge on any atom is 0.254 e. The topological polar surface area (TPSA) is 87.5 Å². The van der Waals surface area contributed by atoms with Crippen LogP contribution >= 0.6 is 0 Å². The Kier molecular flexibility index (Phi) is 8.41. The van der Waals surface area contributed by atoms with E-state index in [1.54, 1.807) is 14.2 Å². The number of hydrogen-bond acceptors (Lipinski definition) is 5. The zero-order valence-electron chi connectivity index (χ0n) is 26.3. The Bertz CT molecular complexity index is 1610. The largest absolute Gasteiger partial charge is 0.494 e. The van der Waals surface area contributed by atoms with Crippen LogP contribution in [0.3, 0.4) is 0 Å². The molecule has 8 heteroatoms. The van der Waals surface area contributed by atoms with Crippen molar-refractivity contribution in [2.24, 2.45) is 17.6 Å². The summed E-state index contributed by atoms with van der Waals surface area (Å²) in [5, 5.41) is 2.01. The van der Waals surface area contributed by atoms with Crippen LogP contribution in [0.15, 0.2) is 30.4 Å². The average Bonchev–Trinajstić information content (AvgIpc) is 3.60. The molecule has 226 valence electrons. The summed E-state index contributed by atoms with van der Waals surface area (Å²) >= 11 is 0. The monoisotopic (exact) mass is 573 g/mol. The molecule has 0 spiro atoms. The molecule has 1 aliphatic carbocycles. The number of rotatable bonds is 9. The van der Waals surface area contributed by atoms with Crippen LogP contribution in [0.1, 0.15) is 64.2 Å². The van der Waals surface area contributed by atoms with E-state index >= 15 is 0 Å². The molecule has 3 aromatic rings. The standard InChI is InChI=1S/C34H47N5O3/c1-9-12-13-25-15-28(37(11-3)21(25)4)32-36-27-14-26(33(40)38-20-24(10-2)30(35)22(38)5)16-29(41-7)31(27)39(32)19-23-17-34(6,18-23)42-8/h9,12-16,22-24,30H,4,10-11,17-20,35H2,1-3,5-8H3/b12-9-,25-13-. The van der Waals surface area contributed by atoms with Crippen molar-refractivity contribution in [2.45, 2.75) is 84.7 Å². The first kappa shape index (κ1) is 30.1. The number of nitrogens with zero attached hydrogens (tertiary/aromatic N) is 4. The average molecular weight is 574 g/mol. The molecule has 2 aromatic heterocycles. The first-order chi connectivity index (χ1) is 20.1. The minimum Gasteiger partial charge on any atom is -0.494 e. The summed E-state index contributed by atoms with van der Waals surface area (Å²) in [7, 11) is 3.46. The van der Waals surface area contributed by atoms with Gasteiger partial charge in [-0.3, -0.25) is 4.79 Å². The van der Waals surface area contributed by atoms with Crippen LogP contribution in [0, 0.1) is 11.8 Å². The fourth-order valence-corrected chi connectivity index (χ4v) is 7.08. The first-order valence-electron chi connectivity index (χ1n) is 15.3. The van der Waals surface area contributed by atoms with E-state index in [0.29, 0.717) is 29.7 Å². The van der Waals surface area contributed by atoms with Gasteiger partial charge >= 0.3 is 0 Å². The second-order valence-electron chi connectivity index (χ2n) is 12.3. The van der Waals surface area contributed by atoms with Gasteiger partial charge in [-0.15, -0.1) is 0 Å². The lowest BCUT2D eigenvalue weighted by molar-refractivity contribution is -0.0937. The van der Waals surface area contributed by atoms with E-state index in [9.17, 15) is 4.79 Å². The number of allylic oxidation sites excluding steroid dienone is 2. The van der Waals surface area contributed by atoms with Crippen LogP contribution in [-0.2, 0) is 17.8 Å². The van der Waals surface area contributed by atoms with Crippen molar-refractivity contribution in [1.29, 1.82) is 0 Å². The Morgan fingerprint density at radius 1 is 1.21 bits per heavy atom. The lowest BCUT2D eigenvalue weighted by atomic mass is 9.72. The molecule has 8 nitrogen and oxygen atoms in total. The zero-order chi connectivity index (χ0) is 30.3. The molecule has 0 bridgehead atoms. The number of aromatic nitrogens is 3. The highest BCUT2D eigenvalue weighted by Gasteiger charge is 2.42. The smallest absolute Gasteiger partial charge is 0.254 e. The van der Waals surface area contributed by atoms with E-state index < -0.39 is 0 Å². The summed E-state index contributed by atoms with van der Waals surface area (Å²) in [5.41, 5.74) is 9.62. The summed E-state index contributed by atoms with van der Waals surface area (Å²) in [6.45, 7) is 17.1. The number of amides is 1. The normalized spacial score (nSPS) is 26.5. The molecule has 42 heavy (non-hydrogen) atoms. The van der Waals surface area contributed by atoms with Crippen molar-refractivity contribution in [3.63, 3.8) is 0 Å². The molecule has 1 amide bonds. The number of benzene rings is 1. The van der Waals surface area contributed by atoms with Crippen LogP contribution in [0.4, 0.5) is 0 Å². The van der Waals surface area contributed by atoms with Crippen molar-refractivity contribution < 1.29 is 14.3 Å². The van der Waals surface area contributed by atoms with E-state index in [2.05, 4.69) is 48.6 Å². The molecular formula is C34H47N5O3. The fourth-order valence-electron chi connectivity index (χ4n) is 7.08. The summed E-state index contributed by atoms with van der Waals surface area (Å²) in [6.07, 6.45) is 9.04. The van der Waals surface area contributed by atoms with Crippen LogP contribution in [0.5, 0.6) is 5.75 Å². The molecule has 3 atom stereocenters. The molecule has 0 radical (unpaired) electrons. The molecule has 2 fully saturated rings. The van der Waals surface area contributed by atoms with Gasteiger partial charge in [0.05, 0.1) is 23.9 Å². The Morgan fingerprint density at radius 2 is 1.95 bits per heavy atom. The maximum atomic E-state index is 13.9. The number of ether oxygens (including phenoxy) is 2. The summed E-state index contributed by atoms with van der Waals surface area (Å²) in [4.78, 5) is 21.0. The summed E-state index contributed by atoms with van der Waals surface area (Å²) in [6, 6.07) is 5.92. The number of nitrogens with two attached hydrogens (primary N) is 1. The Morgan fingerprint density at radius 3 is 2.55 bits per heavy atom. The number of likely N-dealkylation sites (tertiary alicyclic amines) is 1. The lowest BCUT2D eigenvalue weighted by Gasteiger charge is -2.44. The predicted molar refractivity (Wildman–Crippen MR) is 170 cm³/mol. The summed E-state index contributed by atoms with van der Waals surface area (Å²) in [5.74, 6) is 2.21. The van der Waals surface area contributed by atoms with Crippen LogP contribution in [0.2, 0.25) is 0 Å². The molecule has 3 unspecified atom stereocenters. The van der Waals surface area contributed by atoms with E-state index in [0.717, 1.165) is 65.5 Å². The van der Waals surface area contributed by atoms with Gasteiger partial charge in [-0.25, -0.2) is 4.98 Å². The Hall–Kier alpha value is -3.36. The SMILES string of the molecule is C=c1/c(=C\C=C/C)cc(-c2nc3cc(C(=O)N4CC(CC)C(N)C4C)cc(OC)c3n2CC2CC(C)(OC)C2)n1CC. The van der Waals surface area contributed by atoms with E-state index in [4.69, 9.17) is 20.2 Å². The third-order valence-electron chi connectivity index (χ3n) is 9.71. The second kappa shape index (κ2) is 11.7. The molecule has 3 heterocycles. The van der Waals surface area contributed by atoms with Crippen LogP contribution in [0.25, 0.3) is 35.2 Å². The van der Waals surface area contributed by atoms with Gasteiger partial charge in [0.15, 0.2) is 5.82 Å². The van der Waals surface area contributed by atoms with Crippen molar-refractivity contribution in [3.05, 3.63) is 46.5 Å². The molecule has 5 rings (SSSR count). The van der Waals surface area contributed by atoms with Gasteiger partial charge in [-0.2, -0.15) is 0 Å². The van der Waals surface area contributed by atoms with Crippen molar-refractivity contribution in [1.82, 2.24) is 19.0 Å². The van der Waals surface area contributed by atoms with E-state index in [1.807, 2.05) is 43.0 Å². The highest BCUT2D eigenvalue weighted by Crippen LogP contribution is 2.43. The van der Waals surface area contributed by atoms with Crippen LogP contribution < -0.4 is 21.0 Å². The zero-order valence-corrected chi connectivity index (χ0v) is 26.3. The van der Waals surface area contributed by atoms with Crippen LogP contribution in [-0.4, -0.2) is 63.4 Å². The van der Waals surface area contributed by atoms with Crippen molar-refractivity contribution in [3.8, 4) is 17.3 Å². The van der Waals surface area contributed by atoms with Gasteiger partial charge in [0.2, 0.25) is 0 Å². The van der Waals surface area contributed by atoms with E-state index in [-0.39, 0.29) is 23.6 Å². The first-order valence-corrected chi connectivity index (χ1v) is 15.3. The van der Waals surface area contributed by atoms with Gasteiger partial charge in [-0.1, -0.05) is 38.2 Å². The predicted octanol–water partition coefficient (Wildman–Crippen LogP) is 4.31. The maximum absolute atomic E-state index is 13.9. The number of carbonyl (C=O) groups is 1. The number of imidazole rings is 1. The third kappa shape index (κ3) is 5.09. The minimum absolute atomic E-state index is 0.0251. The van der Waals surface area contributed by atoms with Gasteiger partial charge in [0, 0.05) is 49.7 Å². The second-order valence-corrected chi connectivity index (χ2v) is 12.3. The molecule has 2 N–H and O–H groups in total. The fraction of sp³-hybridized carbons (Fsp3) is 0.529. The highest BCUT2D eigenvalue weighted by atomic mass is 16.5. The number of carbonyl (C=O) groups excluding carboxylic acids is 1. The number of hydrogen-bond donors (Lipinski definition) is 1. The van der Waals surface area contributed by atoms with Gasteiger partial charge in [-0.05, 0) is 75.8 Å². The number of fused-ring (bicyclic) bond motifs is 1. The molecule has 1 aromatic carbocycles. The molecule has 1 aliphatic heterocycles. The van der Waals surface area contributed by atoms with Crippen molar-refractivity contribution in [2.75, 3.05) is 20.8 Å². The highest BCUT2D eigenvalue weighted by molar-refractivity contribution is 6.00. The quantitative estimate of drug-likeness (QED) is 0.412. The van der Waals surface area contributed by atoms with Gasteiger partial charge in [0.25, 0.3) is 5.91 Å². The molecule has 1 saturated carbocycles. The molecular weight excluding hydrogens is 526 g/mol. The third-order valence-corrected chi connectivity index (χ3v) is 9.71. The van der Waals surface area contributed by atoms with Gasteiger partial charge in [0.1, 0.15) is 11.3 Å². The van der Waals surface area contributed by atoms with Crippen molar-refractivity contribution >= 4 is 29.6 Å². The molecule has 2 aliphatic rings. The minimum atomic E-state index is -0.0900. The van der Waals surface area contributed by atoms with Gasteiger partial charge < -0.3 is 29.2 Å². The van der Waals surface area contributed by atoms with E-state index in [1.165, 1.54) is 0 Å². The lowest BCUT2D eigenvalue weighted by Crippen LogP contribution is -2.44. The summed E-state index contributed by atoms with van der Waals surface area (Å²) < 4.78 is 16.2. The Balaban J connectivity index is 1.67.